The van der Waals surface area contributed by atoms with Gasteiger partial charge in [0.05, 0.1) is 0 Å². The third-order valence-electron chi connectivity index (χ3n) is 4.28. The number of hydrogen-bond donors (Lipinski definition) is 0. The average Bonchev–Trinajstić information content (AvgIpc) is 2.81. The Kier molecular flexibility index (Phi) is 3.91. The van der Waals surface area contributed by atoms with E-state index in [4.69, 9.17) is 0 Å². The molecule has 0 bridgehead atoms. The Balaban J connectivity index is 1.81. The molecule has 1 saturated carbocycles. The summed E-state index contributed by atoms with van der Waals surface area (Å²) in [4.78, 5) is 5.10. The molecular formula is C14H26N2. The van der Waals surface area contributed by atoms with Crippen molar-refractivity contribution >= 4 is 0 Å². The zero-order chi connectivity index (χ0) is 11.5. The van der Waals surface area contributed by atoms with Crippen molar-refractivity contribution in [3.05, 3.63) is 12.3 Å². The highest BCUT2D eigenvalue weighted by atomic mass is 15.3. The van der Waals surface area contributed by atoms with Gasteiger partial charge in [-0.05, 0) is 32.6 Å². The van der Waals surface area contributed by atoms with Gasteiger partial charge in [0, 0.05) is 37.9 Å². The number of allylic oxidation sites excluding steroid dienone is 1. The minimum atomic E-state index is 0.696. The zero-order valence-electron chi connectivity index (χ0n) is 10.9. The lowest BCUT2D eigenvalue weighted by atomic mass is 10.0. The second-order valence-corrected chi connectivity index (χ2v) is 5.59. The van der Waals surface area contributed by atoms with E-state index in [0.29, 0.717) is 6.04 Å². The standard InChI is InChI=1S/C14H26N2/c1-12(2)15-8-10-16(11-9-15)13(3)14-6-4-5-7-14/h12,14H,3-11H2,1-2H3. The number of hydrogen-bond acceptors (Lipinski definition) is 2. The quantitative estimate of drug-likeness (QED) is 0.724. The summed E-state index contributed by atoms with van der Waals surface area (Å²) >= 11 is 0. The number of piperazine rings is 1. The second kappa shape index (κ2) is 5.22. The van der Waals surface area contributed by atoms with Gasteiger partial charge in [-0.15, -0.1) is 0 Å². The summed E-state index contributed by atoms with van der Waals surface area (Å²) in [6.07, 6.45) is 5.58. The smallest absolute Gasteiger partial charge is 0.0303 e. The van der Waals surface area contributed by atoms with Crippen molar-refractivity contribution in [1.82, 2.24) is 9.80 Å². The van der Waals surface area contributed by atoms with E-state index < -0.39 is 0 Å². The second-order valence-electron chi connectivity index (χ2n) is 5.59. The summed E-state index contributed by atoms with van der Waals surface area (Å²) in [5.74, 6) is 0.797. The van der Waals surface area contributed by atoms with Crippen molar-refractivity contribution in [3.8, 4) is 0 Å². The maximum absolute atomic E-state index is 4.34. The van der Waals surface area contributed by atoms with E-state index in [-0.39, 0.29) is 0 Å². The van der Waals surface area contributed by atoms with E-state index in [1.165, 1.54) is 57.6 Å². The molecule has 2 fully saturated rings. The lowest BCUT2D eigenvalue weighted by molar-refractivity contribution is 0.122. The Morgan fingerprint density at radius 3 is 2.12 bits per heavy atom. The van der Waals surface area contributed by atoms with Gasteiger partial charge in [-0.25, -0.2) is 0 Å². The average molecular weight is 222 g/mol. The van der Waals surface area contributed by atoms with Crippen molar-refractivity contribution in [1.29, 1.82) is 0 Å². The summed E-state index contributed by atoms with van der Waals surface area (Å²) in [6, 6.07) is 0.696. The van der Waals surface area contributed by atoms with E-state index >= 15 is 0 Å². The van der Waals surface area contributed by atoms with Crippen molar-refractivity contribution in [3.63, 3.8) is 0 Å². The summed E-state index contributed by atoms with van der Waals surface area (Å²) in [6.45, 7) is 13.7. The van der Waals surface area contributed by atoms with Crippen LogP contribution in [0.4, 0.5) is 0 Å². The van der Waals surface area contributed by atoms with E-state index in [1.54, 1.807) is 0 Å². The molecule has 2 aliphatic rings. The van der Waals surface area contributed by atoms with Gasteiger partial charge in [0.1, 0.15) is 0 Å². The van der Waals surface area contributed by atoms with Gasteiger partial charge in [0.2, 0.25) is 0 Å². The SMILES string of the molecule is C=C(C1CCCC1)N1CCN(C(C)C)CC1. The maximum atomic E-state index is 4.34. The first-order valence-corrected chi connectivity index (χ1v) is 6.86. The molecule has 1 aliphatic heterocycles. The lowest BCUT2D eigenvalue weighted by Gasteiger charge is -2.40. The highest BCUT2D eigenvalue weighted by Gasteiger charge is 2.25. The molecule has 1 saturated heterocycles. The van der Waals surface area contributed by atoms with Gasteiger partial charge >= 0.3 is 0 Å². The molecule has 1 heterocycles. The Hall–Kier alpha value is -0.500. The minimum absolute atomic E-state index is 0.696. The number of nitrogens with zero attached hydrogens (tertiary/aromatic N) is 2. The fourth-order valence-corrected chi connectivity index (χ4v) is 3.04. The summed E-state index contributed by atoms with van der Waals surface area (Å²) in [5.41, 5.74) is 1.43. The molecule has 92 valence electrons. The minimum Gasteiger partial charge on any atom is -0.372 e. The van der Waals surface area contributed by atoms with Crippen LogP contribution in [0.3, 0.4) is 0 Å². The first-order chi connectivity index (χ1) is 7.68. The molecule has 0 spiro atoms. The maximum Gasteiger partial charge on any atom is 0.0303 e. The highest BCUT2D eigenvalue weighted by molar-refractivity contribution is 5.03. The number of rotatable bonds is 3. The summed E-state index contributed by atoms with van der Waals surface area (Å²) in [5, 5.41) is 0. The normalized spacial score (nSPS) is 24.3. The largest absolute Gasteiger partial charge is 0.372 e. The monoisotopic (exact) mass is 222 g/mol. The fourth-order valence-electron chi connectivity index (χ4n) is 3.04. The van der Waals surface area contributed by atoms with E-state index in [0.717, 1.165) is 5.92 Å². The predicted octanol–water partition coefficient (Wildman–Crippen LogP) is 2.72. The van der Waals surface area contributed by atoms with Crippen molar-refractivity contribution in [2.45, 2.75) is 45.6 Å². The Morgan fingerprint density at radius 1 is 1.06 bits per heavy atom. The Labute approximate surface area is 100 Å². The van der Waals surface area contributed by atoms with Gasteiger partial charge in [-0.1, -0.05) is 19.4 Å². The lowest BCUT2D eigenvalue weighted by Crippen LogP contribution is -2.48. The predicted molar refractivity (Wildman–Crippen MR) is 69.4 cm³/mol. The highest BCUT2D eigenvalue weighted by Crippen LogP contribution is 2.32. The first-order valence-electron chi connectivity index (χ1n) is 6.86. The van der Waals surface area contributed by atoms with Gasteiger partial charge < -0.3 is 4.90 Å². The van der Waals surface area contributed by atoms with Crippen LogP contribution in [-0.4, -0.2) is 42.0 Å². The zero-order valence-corrected chi connectivity index (χ0v) is 10.9. The van der Waals surface area contributed by atoms with Crippen LogP contribution in [0.15, 0.2) is 12.3 Å². The van der Waals surface area contributed by atoms with E-state index in [9.17, 15) is 0 Å². The third-order valence-corrected chi connectivity index (χ3v) is 4.28. The Bertz CT molecular complexity index is 233. The van der Waals surface area contributed by atoms with Crippen LogP contribution in [0.5, 0.6) is 0 Å². The topological polar surface area (TPSA) is 6.48 Å². The molecule has 0 aromatic carbocycles. The van der Waals surface area contributed by atoms with Gasteiger partial charge in [0.15, 0.2) is 0 Å². The van der Waals surface area contributed by atoms with Crippen LogP contribution < -0.4 is 0 Å². The molecular weight excluding hydrogens is 196 g/mol. The van der Waals surface area contributed by atoms with Gasteiger partial charge in [-0.3, -0.25) is 4.90 Å². The molecule has 0 aromatic heterocycles. The molecule has 2 rings (SSSR count). The molecule has 2 heteroatoms. The van der Waals surface area contributed by atoms with Crippen molar-refractivity contribution in [2.75, 3.05) is 26.2 Å². The molecule has 0 amide bonds. The van der Waals surface area contributed by atoms with Crippen LogP contribution in [-0.2, 0) is 0 Å². The van der Waals surface area contributed by atoms with Crippen LogP contribution in [0.25, 0.3) is 0 Å². The van der Waals surface area contributed by atoms with E-state index in [1.807, 2.05) is 0 Å². The molecule has 0 radical (unpaired) electrons. The van der Waals surface area contributed by atoms with Crippen molar-refractivity contribution < 1.29 is 0 Å². The molecule has 0 aromatic rings. The molecule has 0 atom stereocenters. The molecule has 16 heavy (non-hydrogen) atoms. The first kappa shape index (κ1) is 12.0. The molecule has 0 unspecified atom stereocenters. The molecule has 0 N–H and O–H groups in total. The van der Waals surface area contributed by atoms with Crippen molar-refractivity contribution in [2.24, 2.45) is 5.92 Å². The van der Waals surface area contributed by atoms with Crippen LogP contribution in [0.1, 0.15) is 39.5 Å². The summed E-state index contributed by atoms with van der Waals surface area (Å²) in [7, 11) is 0. The third kappa shape index (κ3) is 2.60. The molecule has 2 nitrogen and oxygen atoms in total. The van der Waals surface area contributed by atoms with Gasteiger partial charge in [-0.2, -0.15) is 0 Å². The molecule has 1 aliphatic carbocycles. The van der Waals surface area contributed by atoms with Crippen LogP contribution in [0, 0.1) is 5.92 Å². The fraction of sp³-hybridized carbons (Fsp3) is 0.857. The van der Waals surface area contributed by atoms with Crippen LogP contribution >= 0.6 is 0 Å². The summed E-state index contributed by atoms with van der Waals surface area (Å²) < 4.78 is 0. The Morgan fingerprint density at radius 2 is 1.62 bits per heavy atom. The van der Waals surface area contributed by atoms with Gasteiger partial charge in [0.25, 0.3) is 0 Å². The van der Waals surface area contributed by atoms with Crippen LogP contribution in [0.2, 0.25) is 0 Å². The van der Waals surface area contributed by atoms with E-state index in [2.05, 4.69) is 30.2 Å².